The maximum Gasteiger partial charge on any atom is 0.0818 e. The molecule has 0 amide bonds. The van der Waals surface area contributed by atoms with Crippen molar-refractivity contribution in [3.8, 4) is 0 Å². The van der Waals surface area contributed by atoms with E-state index < -0.39 is 0 Å². The van der Waals surface area contributed by atoms with E-state index in [1.807, 2.05) is 23.9 Å². The van der Waals surface area contributed by atoms with E-state index in [9.17, 15) is 0 Å². The molecule has 0 bridgehead atoms. The molecule has 0 aliphatic carbocycles. The Balaban J connectivity index is 0.000000166. The molecule has 0 spiro atoms. The normalized spacial score (nSPS) is 17.1. The molecule has 1 aromatic heterocycles. The second-order valence-corrected chi connectivity index (χ2v) is 4.24. The van der Waals surface area contributed by atoms with Gasteiger partial charge in [0.05, 0.1) is 11.0 Å². The molecular weight excluding hydrogens is 200 g/mol. The van der Waals surface area contributed by atoms with Gasteiger partial charge in [0.2, 0.25) is 0 Å². The summed E-state index contributed by atoms with van der Waals surface area (Å²) in [5.41, 5.74) is 2.50. The van der Waals surface area contributed by atoms with Gasteiger partial charge in [0.1, 0.15) is 0 Å². The molecule has 1 aromatic carbocycles. The number of aromatic nitrogens is 2. The molecule has 4 heteroatoms. The lowest BCUT2D eigenvalue weighted by atomic mass is 10.3. The first kappa shape index (κ1) is 11.2. The Hall–Kier alpha value is -1.26. The minimum atomic E-state index is 0. The van der Waals surface area contributed by atoms with Crippen molar-refractivity contribution in [3.05, 3.63) is 24.3 Å². The Morgan fingerprint density at radius 2 is 1.81 bits per heavy atom. The van der Waals surface area contributed by atoms with E-state index in [0.717, 1.165) is 13.1 Å². The Labute approximate surface area is 97.7 Å². The first-order chi connectivity index (χ1) is 7.77. The van der Waals surface area contributed by atoms with Crippen LogP contribution in [0, 0.1) is 0 Å². The Morgan fingerprint density at radius 3 is 2.25 bits per heavy atom. The smallest absolute Gasteiger partial charge is 0.0818 e. The van der Waals surface area contributed by atoms with Crippen LogP contribution in [-0.4, -0.2) is 47.9 Å². The van der Waals surface area contributed by atoms with Gasteiger partial charge in [-0.25, -0.2) is 0 Å². The number of hydrogen-bond acceptors (Lipinski definition) is 2. The van der Waals surface area contributed by atoms with Gasteiger partial charge in [0.25, 0.3) is 0 Å². The number of rotatable bonds is 0. The van der Waals surface area contributed by atoms with Gasteiger partial charge in [-0.3, -0.25) is 9.78 Å². The van der Waals surface area contributed by atoms with Gasteiger partial charge in [-0.2, -0.15) is 0 Å². The fraction of sp³-hybridized carbons (Fsp3) is 0.500. The molecule has 1 fully saturated rings. The number of hydrogen-bond donors (Lipinski definition) is 2. The summed E-state index contributed by atoms with van der Waals surface area (Å²) < 4.78 is 2.00. The highest BCUT2D eigenvalue weighted by atomic mass is 15.3. The van der Waals surface area contributed by atoms with Gasteiger partial charge in [-0.15, -0.1) is 0 Å². The van der Waals surface area contributed by atoms with Crippen molar-refractivity contribution >= 4 is 11.0 Å². The van der Waals surface area contributed by atoms with Gasteiger partial charge in [0.15, 0.2) is 0 Å². The van der Waals surface area contributed by atoms with Crippen molar-refractivity contribution in [3.63, 3.8) is 0 Å². The highest BCUT2D eigenvalue weighted by molar-refractivity contribution is 5.76. The number of aryl methyl sites for hydroxylation is 1. The molecule has 16 heavy (non-hydrogen) atoms. The molecule has 2 aromatic rings. The first-order valence-electron chi connectivity index (χ1n) is 5.76. The quantitative estimate of drug-likeness (QED) is 0.704. The SMILES string of the molecule is CN1CCNCC1.Cn1[nH]c2ccccc21.[HH]. The van der Waals surface area contributed by atoms with E-state index in [-0.39, 0.29) is 1.43 Å². The topological polar surface area (TPSA) is 36.0 Å². The number of para-hydroxylation sites is 2. The third kappa shape index (κ3) is 2.65. The third-order valence-corrected chi connectivity index (χ3v) is 2.89. The molecule has 4 nitrogen and oxygen atoms in total. The molecule has 2 heterocycles. The molecule has 0 unspecified atom stereocenters. The second-order valence-electron chi connectivity index (χ2n) is 4.24. The molecule has 0 atom stereocenters. The van der Waals surface area contributed by atoms with Gasteiger partial charge >= 0.3 is 0 Å². The van der Waals surface area contributed by atoms with Crippen LogP contribution in [0.15, 0.2) is 24.3 Å². The van der Waals surface area contributed by atoms with Crippen LogP contribution in [0.25, 0.3) is 11.0 Å². The number of fused-ring (bicyclic) bond motifs is 1. The highest BCUT2D eigenvalue weighted by Crippen LogP contribution is 2.10. The summed E-state index contributed by atoms with van der Waals surface area (Å²) in [5.74, 6) is 0. The van der Waals surface area contributed by atoms with Crippen LogP contribution in [0.1, 0.15) is 1.43 Å². The van der Waals surface area contributed by atoms with Crippen LogP contribution in [0.2, 0.25) is 0 Å². The van der Waals surface area contributed by atoms with E-state index >= 15 is 0 Å². The summed E-state index contributed by atoms with van der Waals surface area (Å²) in [6.07, 6.45) is 0. The lowest BCUT2D eigenvalue weighted by molar-refractivity contribution is 0.291. The molecule has 1 aliphatic rings. The van der Waals surface area contributed by atoms with E-state index in [4.69, 9.17) is 0 Å². The molecule has 0 saturated carbocycles. The Kier molecular flexibility index (Phi) is 3.64. The number of aromatic amines is 1. The average molecular weight is 222 g/mol. The van der Waals surface area contributed by atoms with Crippen LogP contribution in [0.5, 0.6) is 0 Å². The molecule has 1 saturated heterocycles. The fourth-order valence-corrected chi connectivity index (χ4v) is 1.83. The van der Waals surface area contributed by atoms with Crippen LogP contribution in [0.4, 0.5) is 0 Å². The molecule has 0 radical (unpaired) electrons. The fourth-order valence-electron chi connectivity index (χ4n) is 1.83. The van der Waals surface area contributed by atoms with Crippen molar-refractivity contribution in [1.82, 2.24) is 20.0 Å². The second kappa shape index (κ2) is 5.18. The minimum absolute atomic E-state index is 0. The summed E-state index contributed by atoms with van der Waals surface area (Å²) in [4.78, 5) is 2.33. The summed E-state index contributed by atoms with van der Waals surface area (Å²) in [7, 11) is 4.16. The van der Waals surface area contributed by atoms with Crippen molar-refractivity contribution < 1.29 is 1.43 Å². The van der Waals surface area contributed by atoms with E-state index in [1.165, 1.54) is 24.1 Å². The standard InChI is InChI=1S/C7H8N2.C5H12N2.H2/c1-9-7-5-3-2-4-6(7)8-9;1-7-4-2-6-3-5-7;/h2-5,8H,1H3;6H,2-5H2,1H3;1H. The number of benzene rings is 1. The maximum absolute atomic E-state index is 3.27. The van der Waals surface area contributed by atoms with Gasteiger partial charge in [-0.1, -0.05) is 12.1 Å². The van der Waals surface area contributed by atoms with Crippen molar-refractivity contribution in [1.29, 1.82) is 0 Å². The van der Waals surface area contributed by atoms with Crippen LogP contribution < -0.4 is 5.32 Å². The number of nitrogens with one attached hydrogen (secondary N) is 2. The van der Waals surface area contributed by atoms with E-state index in [2.05, 4.69) is 34.5 Å². The van der Waals surface area contributed by atoms with Gasteiger partial charge in [-0.05, 0) is 19.2 Å². The monoisotopic (exact) mass is 222 g/mol. The Morgan fingerprint density at radius 1 is 1.12 bits per heavy atom. The third-order valence-electron chi connectivity index (χ3n) is 2.89. The molecule has 90 valence electrons. The summed E-state index contributed by atoms with van der Waals surface area (Å²) in [6.45, 7) is 4.74. The minimum Gasteiger partial charge on any atom is -0.314 e. The van der Waals surface area contributed by atoms with Crippen molar-refractivity contribution in [2.24, 2.45) is 7.05 Å². The number of likely N-dealkylation sites (N-methyl/N-ethyl adjacent to an activating group) is 1. The molecule has 1 aliphatic heterocycles. The van der Waals surface area contributed by atoms with Crippen LogP contribution in [0.3, 0.4) is 0 Å². The molecule has 2 N–H and O–H groups in total. The number of H-pyrrole nitrogens is 1. The lowest BCUT2D eigenvalue weighted by Crippen LogP contribution is -2.40. The van der Waals surface area contributed by atoms with E-state index in [1.54, 1.807) is 0 Å². The van der Waals surface area contributed by atoms with Crippen molar-refractivity contribution in [2.45, 2.75) is 0 Å². The average Bonchev–Trinajstić information content (AvgIpc) is 2.30. The zero-order chi connectivity index (χ0) is 11.4. The first-order valence-corrected chi connectivity index (χ1v) is 5.76. The van der Waals surface area contributed by atoms with Crippen LogP contribution >= 0.6 is 0 Å². The predicted molar refractivity (Wildman–Crippen MR) is 69.8 cm³/mol. The summed E-state index contributed by atoms with van der Waals surface area (Å²) in [6, 6.07) is 8.22. The van der Waals surface area contributed by atoms with Gasteiger partial charge < -0.3 is 10.2 Å². The Bertz CT molecular complexity index is 428. The summed E-state index contributed by atoms with van der Waals surface area (Å²) in [5, 5.41) is 6.39. The largest absolute Gasteiger partial charge is 0.314 e. The maximum atomic E-state index is 3.27. The van der Waals surface area contributed by atoms with E-state index in [0.29, 0.717) is 0 Å². The zero-order valence-electron chi connectivity index (χ0n) is 10.0. The number of nitrogens with zero attached hydrogens (tertiary/aromatic N) is 2. The zero-order valence-corrected chi connectivity index (χ0v) is 10.0. The number of piperazine rings is 1. The molecular formula is C12H22N4. The predicted octanol–water partition coefficient (Wildman–Crippen LogP) is 1.27. The van der Waals surface area contributed by atoms with Crippen LogP contribution in [-0.2, 0) is 7.05 Å². The van der Waals surface area contributed by atoms with Crippen molar-refractivity contribution in [2.75, 3.05) is 33.2 Å². The molecule has 3 rings (SSSR count). The summed E-state index contributed by atoms with van der Waals surface area (Å²) >= 11 is 0. The highest BCUT2D eigenvalue weighted by Gasteiger charge is 2.01. The van der Waals surface area contributed by atoms with Gasteiger partial charge in [0, 0.05) is 34.7 Å². The lowest BCUT2D eigenvalue weighted by Gasteiger charge is -2.21.